The van der Waals surface area contributed by atoms with Gasteiger partial charge in [-0.25, -0.2) is 8.78 Å². The van der Waals surface area contributed by atoms with Gasteiger partial charge in [-0.2, -0.15) is 0 Å². The van der Waals surface area contributed by atoms with Gasteiger partial charge in [0.15, 0.2) is 0 Å². The van der Waals surface area contributed by atoms with Gasteiger partial charge in [0.25, 0.3) is 5.91 Å². The Bertz CT molecular complexity index is 993. The molecule has 1 saturated heterocycles. The van der Waals surface area contributed by atoms with Crippen LogP contribution in [0.15, 0.2) is 36.4 Å². The molecule has 2 heterocycles. The van der Waals surface area contributed by atoms with E-state index in [1.165, 1.54) is 23.5 Å². The maximum Gasteiger partial charge on any atom is 0.266 e. The predicted octanol–water partition coefficient (Wildman–Crippen LogP) is 5.34. The molecule has 1 fully saturated rings. The van der Waals surface area contributed by atoms with Crippen LogP contribution in [0, 0.1) is 18.6 Å². The van der Waals surface area contributed by atoms with E-state index in [4.69, 9.17) is 0 Å². The zero-order chi connectivity index (χ0) is 18.3. The topological polar surface area (TPSA) is 32.3 Å². The Morgan fingerprint density at radius 3 is 2.50 bits per heavy atom. The highest BCUT2D eigenvalue weighted by Crippen LogP contribution is 2.35. The number of amides is 1. The summed E-state index contributed by atoms with van der Waals surface area (Å²) in [7, 11) is 0. The fourth-order valence-corrected chi connectivity index (χ4v) is 4.62. The van der Waals surface area contributed by atoms with Gasteiger partial charge >= 0.3 is 0 Å². The van der Waals surface area contributed by atoms with Crippen molar-refractivity contribution in [3.05, 3.63) is 58.5 Å². The van der Waals surface area contributed by atoms with Crippen molar-refractivity contribution in [1.82, 2.24) is 0 Å². The van der Waals surface area contributed by atoms with Crippen LogP contribution in [0.1, 0.15) is 28.1 Å². The average Bonchev–Trinajstić information content (AvgIpc) is 3.25. The first-order valence-corrected chi connectivity index (χ1v) is 9.40. The van der Waals surface area contributed by atoms with Crippen LogP contribution in [0.5, 0.6) is 0 Å². The summed E-state index contributed by atoms with van der Waals surface area (Å²) in [6.45, 7) is 3.42. The third kappa shape index (κ3) is 2.84. The SMILES string of the molecule is Cc1c(C(=O)Nc2c(F)cccc2N2CCCC2)sc2cccc(F)c12. The van der Waals surface area contributed by atoms with Crippen molar-refractivity contribution < 1.29 is 13.6 Å². The second kappa shape index (κ2) is 6.68. The van der Waals surface area contributed by atoms with E-state index in [1.807, 2.05) is 6.07 Å². The van der Waals surface area contributed by atoms with E-state index in [0.29, 0.717) is 26.2 Å². The van der Waals surface area contributed by atoms with Gasteiger partial charge in [0.1, 0.15) is 17.3 Å². The lowest BCUT2D eigenvalue weighted by atomic mass is 10.1. The lowest BCUT2D eigenvalue weighted by Gasteiger charge is -2.21. The third-order valence-corrected chi connectivity index (χ3v) is 6.04. The van der Waals surface area contributed by atoms with Crippen LogP contribution < -0.4 is 10.2 Å². The maximum atomic E-state index is 14.5. The van der Waals surface area contributed by atoms with E-state index in [0.717, 1.165) is 25.9 Å². The van der Waals surface area contributed by atoms with Gasteiger partial charge in [-0.15, -0.1) is 11.3 Å². The highest BCUT2D eigenvalue weighted by molar-refractivity contribution is 7.21. The largest absolute Gasteiger partial charge is 0.370 e. The normalized spacial score (nSPS) is 14.2. The van der Waals surface area contributed by atoms with Gasteiger partial charge in [-0.3, -0.25) is 4.79 Å². The van der Waals surface area contributed by atoms with Gasteiger partial charge in [0.2, 0.25) is 0 Å². The van der Waals surface area contributed by atoms with Crippen molar-refractivity contribution in [2.45, 2.75) is 19.8 Å². The van der Waals surface area contributed by atoms with Crippen molar-refractivity contribution in [3.8, 4) is 0 Å². The van der Waals surface area contributed by atoms with Crippen molar-refractivity contribution in [1.29, 1.82) is 0 Å². The predicted molar refractivity (Wildman–Crippen MR) is 102 cm³/mol. The van der Waals surface area contributed by atoms with Crippen molar-refractivity contribution in [3.63, 3.8) is 0 Å². The first kappa shape index (κ1) is 17.0. The van der Waals surface area contributed by atoms with E-state index < -0.39 is 11.7 Å². The second-order valence-electron chi connectivity index (χ2n) is 6.45. The highest BCUT2D eigenvalue weighted by atomic mass is 32.1. The Morgan fingerprint density at radius 1 is 1.08 bits per heavy atom. The second-order valence-corrected chi connectivity index (χ2v) is 7.50. The molecule has 1 aliphatic heterocycles. The summed E-state index contributed by atoms with van der Waals surface area (Å²) in [5.74, 6) is -1.22. The number of fused-ring (bicyclic) bond motifs is 1. The molecule has 0 saturated carbocycles. The smallest absolute Gasteiger partial charge is 0.266 e. The molecular weight excluding hydrogens is 354 g/mol. The number of carbonyl (C=O) groups excluding carboxylic acids is 1. The lowest BCUT2D eigenvalue weighted by Crippen LogP contribution is -2.22. The first-order chi connectivity index (χ1) is 12.6. The minimum Gasteiger partial charge on any atom is -0.370 e. The Hall–Kier alpha value is -2.47. The van der Waals surface area contributed by atoms with Crippen LogP contribution in [0.4, 0.5) is 20.2 Å². The van der Waals surface area contributed by atoms with E-state index in [1.54, 1.807) is 25.1 Å². The van der Waals surface area contributed by atoms with E-state index in [9.17, 15) is 13.6 Å². The molecule has 26 heavy (non-hydrogen) atoms. The summed E-state index contributed by atoms with van der Waals surface area (Å²) in [5, 5.41) is 3.18. The van der Waals surface area contributed by atoms with Crippen LogP contribution in [0.2, 0.25) is 0 Å². The molecule has 1 N–H and O–H groups in total. The molecule has 0 aliphatic carbocycles. The summed E-state index contributed by atoms with van der Waals surface area (Å²) < 4.78 is 29.3. The number of thiophene rings is 1. The highest BCUT2D eigenvalue weighted by Gasteiger charge is 2.23. The van der Waals surface area contributed by atoms with E-state index in [-0.39, 0.29) is 11.5 Å². The quantitative estimate of drug-likeness (QED) is 0.673. The Balaban J connectivity index is 1.71. The van der Waals surface area contributed by atoms with Crippen LogP contribution in [-0.4, -0.2) is 19.0 Å². The van der Waals surface area contributed by atoms with Gasteiger partial charge < -0.3 is 10.2 Å². The number of carbonyl (C=O) groups is 1. The minimum absolute atomic E-state index is 0.191. The molecule has 134 valence electrons. The number of hydrogen-bond donors (Lipinski definition) is 1. The zero-order valence-electron chi connectivity index (χ0n) is 14.3. The average molecular weight is 372 g/mol. The monoisotopic (exact) mass is 372 g/mol. The molecular formula is C20H18F2N2OS. The maximum absolute atomic E-state index is 14.5. The molecule has 0 spiro atoms. The van der Waals surface area contributed by atoms with E-state index in [2.05, 4.69) is 10.2 Å². The van der Waals surface area contributed by atoms with Crippen molar-refractivity contribution >= 4 is 38.7 Å². The zero-order valence-corrected chi connectivity index (χ0v) is 15.1. The number of para-hydroxylation sites is 1. The van der Waals surface area contributed by atoms with Crippen LogP contribution in [-0.2, 0) is 0 Å². The molecule has 0 unspecified atom stereocenters. The first-order valence-electron chi connectivity index (χ1n) is 8.58. The van der Waals surface area contributed by atoms with Crippen LogP contribution in [0.3, 0.4) is 0 Å². The summed E-state index contributed by atoms with van der Waals surface area (Å²) in [5.41, 5.74) is 1.47. The standard InChI is InChI=1S/C20H18F2N2OS/c1-12-17-13(21)6-5-9-16(17)26-19(12)20(25)23-18-14(22)7-4-8-15(18)24-10-2-3-11-24/h4-9H,2-3,10-11H2,1H3,(H,23,25). The Labute approximate surface area is 154 Å². The minimum atomic E-state index is -0.465. The number of hydrogen-bond acceptors (Lipinski definition) is 3. The molecule has 3 nitrogen and oxygen atoms in total. The molecule has 6 heteroatoms. The molecule has 0 radical (unpaired) electrons. The Morgan fingerprint density at radius 2 is 1.77 bits per heavy atom. The number of nitrogens with zero attached hydrogens (tertiary/aromatic N) is 1. The fourth-order valence-electron chi connectivity index (χ4n) is 3.50. The molecule has 1 amide bonds. The van der Waals surface area contributed by atoms with Gasteiger partial charge in [-0.05, 0) is 49.6 Å². The molecule has 2 aromatic carbocycles. The molecule has 0 bridgehead atoms. The lowest BCUT2D eigenvalue weighted by molar-refractivity contribution is 0.102. The number of aryl methyl sites for hydroxylation is 1. The number of halogens is 2. The summed E-state index contributed by atoms with van der Waals surface area (Å²) in [4.78, 5) is 15.3. The summed E-state index contributed by atoms with van der Waals surface area (Å²) in [6.07, 6.45) is 2.11. The van der Waals surface area contributed by atoms with Crippen LogP contribution >= 0.6 is 11.3 Å². The van der Waals surface area contributed by atoms with Crippen molar-refractivity contribution in [2.24, 2.45) is 0 Å². The number of anilines is 2. The number of rotatable bonds is 3. The van der Waals surface area contributed by atoms with Crippen molar-refractivity contribution in [2.75, 3.05) is 23.3 Å². The molecule has 1 aromatic heterocycles. The van der Waals surface area contributed by atoms with E-state index >= 15 is 0 Å². The fraction of sp³-hybridized carbons (Fsp3) is 0.250. The number of benzene rings is 2. The van der Waals surface area contributed by atoms with Gasteiger partial charge in [-0.1, -0.05) is 12.1 Å². The third-order valence-electron chi connectivity index (χ3n) is 4.79. The Kier molecular flexibility index (Phi) is 4.36. The molecule has 1 aliphatic rings. The van der Waals surface area contributed by atoms with Gasteiger partial charge in [0.05, 0.1) is 10.6 Å². The summed E-state index contributed by atoms with van der Waals surface area (Å²) >= 11 is 1.22. The number of nitrogens with one attached hydrogen (secondary N) is 1. The molecule has 0 atom stereocenters. The summed E-state index contributed by atoms with van der Waals surface area (Å²) in [6, 6.07) is 9.60. The molecule has 4 rings (SSSR count). The van der Waals surface area contributed by atoms with Crippen LogP contribution in [0.25, 0.3) is 10.1 Å². The molecule has 3 aromatic rings. The van der Waals surface area contributed by atoms with Gasteiger partial charge in [0, 0.05) is 23.2 Å².